The van der Waals surface area contributed by atoms with Crippen LogP contribution in [0.5, 0.6) is 0 Å². The van der Waals surface area contributed by atoms with E-state index in [-0.39, 0.29) is 0 Å². The van der Waals surface area contributed by atoms with Gasteiger partial charge in [0, 0.05) is 5.56 Å². The van der Waals surface area contributed by atoms with Gasteiger partial charge in [-0.05, 0) is 17.2 Å². The molecule has 3 nitrogen and oxygen atoms in total. The molecule has 0 bridgehead atoms. The molecule has 0 radical (unpaired) electrons. The normalized spacial score (nSPS) is 10.9. The first-order valence-corrected chi connectivity index (χ1v) is 6.19. The van der Waals surface area contributed by atoms with Gasteiger partial charge in [0.05, 0.1) is 5.70 Å². The molecule has 2 N–H and O–H groups in total. The second-order valence-corrected chi connectivity index (χ2v) is 4.19. The molecule has 0 saturated carbocycles. The van der Waals surface area contributed by atoms with Crippen molar-refractivity contribution < 1.29 is 9.90 Å². The maximum absolute atomic E-state index is 11.0. The van der Waals surface area contributed by atoms with Gasteiger partial charge in [-0.2, -0.15) is 0 Å². The Bertz CT molecular complexity index is 645. The van der Waals surface area contributed by atoms with Crippen LogP contribution in [0.1, 0.15) is 16.7 Å². The third kappa shape index (κ3) is 3.36. The Balaban J connectivity index is 2.50. The van der Waals surface area contributed by atoms with Crippen molar-refractivity contribution in [3.8, 4) is 0 Å². The molecule has 0 aliphatic carbocycles. The van der Waals surface area contributed by atoms with Gasteiger partial charge in [-0.1, -0.05) is 67.3 Å². The van der Waals surface area contributed by atoms with E-state index in [1.54, 1.807) is 12.2 Å². The predicted molar refractivity (Wildman–Crippen MR) is 82.0 cm³/mol. The molecule has 20 heavy (non-hydrogen) atoms. The van der Waals surface area contributed by atoms with E-state index in [0.29, 0.717) is 5.70 Å². The topological polar surface area (TPSA) is 49.3 Å². The molecule has 3 heteroatoms. The molecule has 0 saturated heterocycles. The van der Waals surface area contributed by atoms with E-state index in [9.17, 15) is 4.79 Å². The summed E-state index contributed by atoms with van der Waals surface area (Å²) in [5.74, 6) is 0. The monoisotopic (exact) mass is 265 g/mol. The molecule has 2 aromatic rings. The highest BCUT2D eigenvalue weighted by Crippen LogP contribution is 2.20. The zero-order chi connectivity index (χ0) is 14.4. The fourth-order valence-electron chi connectivity index (χ4n) is 1.93. The van der Waals surface area contributed by atoms with Crippen LogP contribution in [0.15, 0.2) is 61.2 Å². The first kappa shape index (κ1) is 13.6. The van der Waals surface area contributed by atoms with Crippen LogP contribution in [0.2, 0.25) is 0 Å². The quantitative estimate of drug-likeness (QED) is 0.818. The summed E-state index contributed by atoms with van der Waals surface area (Å²) in [7, 11) is 0. The van der Waals surface area contributed by atoms with Crippen LogP contribution in [0.25, 0.3) is 17.8 Å². The number of carboxylic acid groups (broad SMARTS) is 1. The summed E-state index contributed by atoms with van der Waals surface area (Å²) >= 11 is 0. The van der Waals surface area contributed by atoms with Gasteiger partial charge >= 0.3 is 6.09 Å². The first-order valence-electron chi connectivity index (χ1n) is 6.19. The van der Waals surface area contributed by atoms with Gasteiger partial charge in [0.1, 0.15) is 0 Å². The van der Waals surface area contributed by atoms with Gasteiger partial charge < -0.3 is 5.11 Å². The van der Waals surface area contributed by atoms with Crippen molar-refractivity contribution in [3.63, 3.8) is 0 Å². The number of rotatable bonds is 4. The minimum absolute atomic E-state index is 0.527. The van der Waals surface area contributed by atoms with E-state index in [1.807, 2.05) is 54.6 Å². The molecule has 0 aliphatic heterocycles. The van der Waals surface area contributed by atoms with Gasteiger partial charge in [0.15, 0.2) is 0 Å². The Morgan fingerprint density at radius 2 is 1.70 bits per heavy atom. The fourth-order valence-corrected chi connectivity index (χ4v) is 1.93. The van der Waals surface area contributed by atoms with Gasteiger partial charge in [-0.25, -0.2) is 4.79 Å². The lowest BCUT2D eigenvalue weighted by molar-refractivity contribution is 0.199. The molecule has 0 aliphatic rings. The van der Waals surface area contributed by atoms with Crippen molar-refractivity contribution >= 4 is 23.9 Å². The second kappa shape index (κ2) is 6.38. The van der Waals surface area contributed by atoms with Gasteiger partial charge in [0.2, 0.25) is 0 Å². The Morgan fingerprint density at radius 1 is 1.05 bits per heavy atom. The van der Waals surface area contributed by atoms with Crippen LogP contribution in [-0.4, -0.2) is 11.2 Å². The molecule has 0 unspecified atom stereocenters. The zero-order valence-corrected chi connectivity index (χ0v) is 10.9. The number of nitrogens with one attached hydrogen (secondary N) is 1. The number of benzene rings is 2. The summed E-state index contributed by atoms with van der Waals surface area (Å²) in [4.78, 5) is 11.0. The van der Waals surface area contributed by atoms with Crippen molar-refractivity contribution in [2.75, 3.05) is 0 Å². The Hall–Kier alpha value is -2.81. The average Bonchev–Trinajstić information content (AvgIpc) is 2.47. The van der Waals surface area contributed by atoms with Crippen LogP contribution >= 0.6 is 0 Å². The van der Waals surface area contributed by atoms with Gasteiger partial charge in [0.25, 0.3) is 0 Å². The zero-order valence-electron chi connectivity index (χ0n) is 10.9. The van der Waals surface area contributed by atoms with E-state index >= 15 is 0 Å². The predicted octanol–water partition coefficient (Wildman–Crippen LogP) is 4.10. The van der Waals surface area contributed by atoms with E-state index in [1.165, 1.54) is 0 Å². The molecular formula is C17H15NO2. The standard InChI is InChI=1S/C17H15NO2/c1-2-14-10-6-7-11-15(14)16(18-17(19)20)12-13-8-4-3-5-9-13/h2-12,18H,1H2,(H,19,20)/b16-12-. The number of hydrogen-bond donors (Lipinski definition) is 2. The number of amides is 1. The molecule has 0 aromatic heterocycles. The Morgan fingerprint density at radius 3 is 2.35 bits per heavy atom. The van der Waals surface area contributed by atoms with Gasteiger partial charge in [-0.3, -0.25) is 5.32 Å². The second-order valence-electron chi connectivity index (χ2n) is 4.19. The summed E-state index contributed by atoms with van der Waals surface area (Å²) in [6.45, 7) is 3.76. The summed E-state index contributed by atoms with van der Waals surface area (Å²) in [5.41, 5.74) is 3.13. The highest BCUT2D eigenvalue weighted by atomic mass is 16.4. The van der Waals surface area contributed by atoms with Crippen molar-refractivity contribution in [2.45, 2.75) is 0 Å². The van der Waals surface area contributed by atoms with Crippen molar-refractivity contribution in [2.24, 2.45) is 0 Å². The minimum Gasteiger partial charge on any atom is -0.465 e. The van der Waals surface area contributed by atoms with Crippen molar-refractivity contribution in [1.82, 2.24) is 5.32 Å². The smallest absolute Gasteiger partial charge is 0.409 e. The first-order chi connectivity index (χ1) is 9.70. The van der Waals surface area contributed by atoms with Crippen molar-refractivity contribution in [3.05, 3.63) is 77.9 Å². The van der Waals surface area contributed by atoms with E-state index in [0.717, 1.165) is 16.7 Å². The highest BCUT2D eigenvalue weighted by molar-refractivity contribution is 5.91. The number of hydrogen-bond acceptors (Lipinski definition) is 1. The van der Waals surface area contributed by atoms with Crippen LogP contribution in [-0.2, 0) is 0 Å². The average molecular weight is 265 g/mol. The SMILES string of the molecule is C=Cc1ccccc1/C(=C/c1ccccc1)NC(=O)O. The third-order valence-electron chi connectivity index (χ3n) is 2.82. The summed E-state index contributed by atoms with van der Waals surface area (Å²) < 4.78 is 0. The molecule has 2 rings (SSSR count). The molecule has 0 heterocycles. The Labute approximate surface area is 117 Å². The van der Waals surface area contributed by atoms with Crippen LogP contribution in [0, 0.1) is 0 Å². The van der Waals surface area contributed by atoms with Crippen LogP contribution in [0.3, 0.4) is 0 Å². The maximum Gasteiger partial charge on any atom is 0.409 e. The molecule has 0 fully saturated rings. The third-order valence-corrected chi connectivity index (χ3v) is 2.82. The van der Waals surface area contributed by atoms with E-state index in [2.05, 4.69) is 11.9 Å². The molecule has 0 atom stereocenters. The maximum atomic E-state index is 11.0. The summed E-state index contributed by atoms with van der Waals surface area (Å²) in [6, 6.07) is 17.1. The lowest BCUT2D eigenvalue weighted by atomic mass is 10.0. The molecule has 2 aromatic carbocycles. The van der Waals surface area contributed by atoms with E-state index in [4.69, 9.17) is 5.11 Å². The molecule has 100 valence electrons. The van der Waals surface area contributed by atoms with E-state index < -0.39 is 6.09 Å². The lowest BCUT2D eigenvalue weighted by Crippen LogP contribution is -2.19. The Kier molecular flexibility index (Phi) is 4.35. The van der Waals surface area contributed by atoms with Gasteiger partial charge in [-0.15, -0.1) is 0 Å². The minimum atomic E-state index is -1.09. The lowest BCUT2D eigenvalue weighted by Gasteiger charge is -2.11. The largest absolute Gasteiger partial charge is 0.465 e. The summed E-state index contributed by atoms with van der Waals surface area (Å²) in [5, 5.41) is 11.5. The van der Waals surface area contributed by atoms with Crippen molar-refractivity contribution in [1.29, 1.82) is 0 Å². The molecular weight excluding hydrogens is 250 g/mol. The number of carbonyl (C=O) groups is 1. The molecule has 0 spiro atoms. The fraction of sp³-hybridized carbons (Fsp3) is 0. The van der Waals surface area contributed by atoms with Crippen LogP contribution < -0.4 is 5.32 Å². The van der Waals surface area contributed by atoms with Crippen LogP contribution in [0.4, 0.5) is 4.79 Å². The molecule has 1 amide bonds. The highest BCUT2D eigenvalue weighted by Gasteiger charge is 2.08. The summed E-state index contributed by atoms with van der Waals surface area (Å²) in [6.07, 6.45) is 2.42.